The Balaban J connectivity index is 3.91. The summed E-state index contributed by atoms with van der Waals surface area (Å²) in [6.07, 6.45) is 11.7. The van der Waals surface area contributed by atoms with Crippen molar-refractivity contribution in [1.29, 1.82) is 0 Å². The molecule has 0 aliphatic carbocycles. The minimum Gasteiger partial charge on any atom is -0.480 e. The van der Waals surface area contributed by atoms with Gasteiger partial charge in [0.05, 0.1) is 5.84 Å². The Morgan fingerprint density at radius 2 is 1.48 bits per heavy atom. The van der Waals surface area contributed by atoms with Crippen LogP contribution in [0.3, 0.4) is 0 Å². The molecule has 4 nitrogen and oxygen atoms in total. The quantitative estimate of drug-likeness (QED) is 0.196. The summed E-state index contributed by atoms with van der Waals surface area (Å²) in [5, 5.41) is 11.2. The van der Waals surface area contributed by atoms with Crippen LogP contribution < -0.4 is 5.73 Å². The molecule has 0 rings (SSSR count). The van der Waals surface area contributed by atoms with E-state index in [-0.39, 0.29) is 0 Å². The van der Waals surface area contributed by atoms with Gasteiger partial charge in [-0.25, -0.2) is 4.79 Å². The van der Waals surface area contributed by atoms with Crippen molar-refractivity contribution in [2.45, 2.75) is 105 Å². The molecule has 3 N–H and O–H groups in total. The minimum atomic E-state index is -0.920. The summed E-state index contributed by atoms with van der Waals surface area (Å²) >= 11 is 1.52. The number of rotatable bonds is 17. The van der Waals surface area contributed by atoms with E-state index in [0.717, 1.165) is 24.2 Å². The van der Waals surface area contributed by atoms with Gasteiger partial charge in [-0.2, -0.15) is 0 Å². The summed E-state index contributed by atoms with van der Waals surface area (Å²) in [4.78, 5) is 15.1. The Hall–Kier alpha value is -0.970. The van der Waals surface area contributed by atoms with E-state index < -0.39 is 12.0 Å². The van der Waals surface area contributed by atoms with Gasteiger partial charge in [0, 0.05) is 5.75 Å². The number of nitrogens with zero attached hydrogens (tertiary/aromatic N) is 1. The van der Waals surface area contributed by atoms with Crippen molar-refractivity contribution < 1.29 is 9.90 Å². The van der Waals surface area contributed by atoms with E-state index in [9.17, 15) is 4.79 Å². The Morgan fingerprint density at radius 1 is 0.966 bits per heavy atom. The van der Waals surface area contributed by atoms with E-state index in [1.807, 2.05) is 0 Å². The van der Waals surface area contributed by atoms with Crippen LogP contribution in [0.25, 0.3) is 0 Å². The fraction of sp³-hybridized carbons (Fsp3) is 0.833. The lowest BCUT2D eigenvalue weighted by atomic mass is 9.91. The van der Waals surface area contributed by atoms with E-state index in [4.69, 9.17) is 10.8 Å². The summed E-state index contributed by atoms with van der Waals surface area (Å²) in [5.41, 5.74) is 6.82. The first kappa shape index (κ1) is 28.0. The topological polar surface area (TPSA) is 75.7 Å². The molecule has 0 amide bonds. The molecule has 29 heavy (non-hydrogen) atoms. The number of thioether (sulfide) groups is 1. The highest BCUT2D eigenvalue weighted by molar-refractivity contribution is 8.02. The molecule has 0 fully saturated rings. The van der Waals surface area contributed by atoms with Crippen molar-refractivity contribution in [2.75, 3.05) is 5.75 Å². The van der Waals surface area contributed by atoms with Gasteiger partial charge in [-0.15, -0.1) is 11.8 Å². The van der Waals surface area contributed by atoms with Crippen LogP contribution in [0, 0.1) is 17.8 Å². The molecule has 0 saturated heterocycles. The Labute approximate surface area is 184 Å². The number of carbonyl (C=O) groups is 1. The molecule has 0 aromatic rings. The minimum absolute atomic E-state index is 0.317. The van der Waals surface area contributed by atoms with Crippen LogP contribution in [0.1, 0.15) is 99.3 Å². The van der Waals surface area contributed by atoms with Crippen LogP contribution >= 0.6 is 11.8 Å². The predicted octanol–water partition coefficient (Wildman–Crippen LogP) is 6.89. The van der Waals surface area contributed by atoms with E-state index in [0.29, 0.717) is 11.6 Å². The summed E-state index contributed by atoms with van der Waals surface area (Å²) in [6, 6.07) is -0.762. The molecular weight excluding hydrogens is 380 g/mol. The lowest BCUT2D eigenvalue weighted by Crippen LogP contribution is -2.23. The second-order valence-electron chi connectivity index (χ2n) is 9.28. The zero-order valence-electron chi connectivity index (χ0n) is 19.7. The molecule has 0 bridgehead atoms. The molecule has 3 unspecified atom stereocenters. The molecule has 0 aliphatic rings. The summed E-state index contributed by atoms with van der Waals surface area (Å²) in [7, 11) is 0. The SMILES string of the molecule is CC(=CSCC(N=C(C)N)C(=O)O)CCCC(C)CCCC(C)CCCC(C)C. The molecule has 0 aromatic heterocycles. The van der Waals surface area contributed by atoms with E-state index in [1.54, 1.807) is 6.92 Å². The first-order chi connectivity index (χ1) is 13.6. The first-order valence-electron chi connectivity index (χ1n) is 11.4. The molecule has 170 valence electrons. The normalized spacial score (nSPS) is 16.1. The fourth-order valence-electron chi connectivity index (χ4n) is 3.46. The van der Waals surface area contributed by atoms with Crippen molar-refractivity contribution in [3.8, 4) is 0 Å². The zero-order chi connectivity index (χ0) is 22.2. The standard InChI is InChI=1S/C24H46N2O2S/c1-18(2)10-7-11-19(3)12-8-13-20(4)14-9-15-21(5)16-29-17-23(24(27)28)26-22(6)25/h16,18-20,23H,7-15,17H2,1-6H3,(H2,25,26)(H,27,28). The average Bonchev–Trinajstić information content (AvgIpc) is 2.60. The van der Waals surface area contributed by atoms with Crippen LogP contribution in [-0.4, -0.2) is 28.7 Å². The van der Waals surface area contributed by atoms with Crippen LogP contribution in [0.15, 0.2) is 16.0 Å². The predicted molar refractivity (Wildman–Crippen MR) is 130 cm³/mol. The maximum absolute atomic E-state index is 11.2. The highest BCUT2D eigenvalue weighted by atomic mass is 32.2. The Kier molecular flexibility index (Phi) is 16.2. The van der Waals surface area contributed by atoms with Gasteiger partial charge in [-0.05, 0) is 49.9 Å². The third kappa shape index (κ3) is 17.6. The van der Waals surface area contributed by atoms with Gasteiger partial charge in [-0.1, -0.05) is 78.2 Å². The van der Waals surface area contributed by atoms with Crippen molar-refractivity contribution in [1.82, 2.24) is 0 Å². The molecule has 0 spiro atoms. The Bertz CT molecular complexity index is 499. The number of aliphatic imine (C=N–C) groups is 1. The zero-order valence-corrected chi connectivity index (χ0v) is 20.6. The molecular formula is C24H46N2O2S. The smallest absolute Gasteiger partial charge is 0.329 e. The van der Waals surface area contributed by atoms with Gasteiger partial charge >= 0.3 is 5.97 Å². The largest absolute Gasteiger partial charge is 0.480 e. The van der Waals surface area contributed by atoms with Gasteiger partial charge in [0.2, 0.25) is 0 Å². The monoisotopic (exact) mass is 426 g/mol. The number of carboxylic acid groups (broad SMARTS) is 1. The number of hydrogen-bond acceptors (Lipinski definition) is 3. The molecule has 5 heteroatoms. The van der Waals surface area contributed by atoms with Crippen molar-refractivity contribution >= 4 is 23.6 Å². The van der Waals surface area contributed by atoms with Gasteiger partial charge in [-0.3, -0.25) is 4.99 Å². The molecule has 0 heterocycles. The number of allylic oxidation sites excluding steroid dienone is 1. The maximum Gasteiger partial charge on any atom is 0.329 e. The van der Waals surface area contributed by atoms with Gasteiger partial charge in [0.1, 0.15) is 0 Å². The van der Waals surface area contributed by atoms with E-state index in [2.05, 4.69) is 45.0 Å². The van der Waals surface area contributed by atoms with Crippen molar-refractivity contribution in [3.05, 3.63) is 11.0 Å². The first-order valence-corrected chi connectivity index (χ1v) is 12.5. The Morgan fingerprint density at radius 3 is 1.97 bits per heavy atom. The van der Waals surface area contributed by atoms with Crippen molar-refractivity contribution in [3.63, 3.8) is 0 Å². The molecule has 0 saturated carbocycles. The average molecular weight is 427 g/mol. The third-order valence-corrected chi connectivity index (χ3v) is 6.40. The van der Waals surface area contributed by atoms with Gasteiger partial charge < -0.3 is 10.8 Å². The van der Waals surface area contributed by atoms with Crippen LogP contribution in [0.5, 0.6) is 0 Å². The number of amidine groups is 1. The third-order valence-electron chi connectivity index (χ3n) is 5.32. The summed E-state index contributed by atoms with van der Waals surface area (Å²) in [5.74, 6) is 2.31. The summed E-state index contributed by atoms with van der Waals surface area (Å²) < 4.78 is 0. The summed E-state index contributed by atoms with van der Waals surface area (Å²) in [6.45, 7) is 13.2. The molecule has 0 radical (unpaired) electrons. The molecule has 0 aliphatic heterocycles. The number of nitrogens with two attached hydrogens (primary N) is 1. The maximum atomic E-state index is 11.2. The number of aliphatic carboxylic acids is 1. The van der Waals surface area contributed by atoms with Crippen molar-refractivity contribution in [2.24, 2.45) is 28.5 Å². The van der Waals surface area contributed by atoms with Gasteiger partial charge in [0.25, 0.3) is 0 Å². The number of hydrogen-bond donors (Lipinski definition) is 2. The van der Waals surface area contributed by atoms with Crippen LogP contribution in [0.2, 0.25) is 0 Å². The molecule has 0 aromatic carbocycles. The van der Waals surface area contributed by atoms with Gasteiger partial charge in [0.15, 0.2) is 6.04 Å². The van der Waals surface area contributed by atoms with Crippen LogP contribution in [0.4, 0.5) is 0 Å². The lowest BCUT2D eigenvalue weighted by molar-refractivity contribution is -0.137. The van der Waals surface area contributed by atoms with E-state index in [1.165, 1.54) is 68.7 Å². The van der Waals surface area contributed by atoms with E-state index >= 15 is 0 Å². The number of carboxylic acids is 1. The lowest BCUT2D eigenvalue weighted by Gasteiger charge is -2.15. The highest BCUT2D eigenvalue weighted by Gasteiger charge is 2.15. The second-order valence-corrected chi connectivity index (χ2v) is 10.2. The fourth-order valence-corrected chi connectivity index (χ4v) is 4.36. The highest BCUT2D eigenvalue weighted by Crippen LogP contribution is 2.22. The molecule has 3 atom stereocenters. The second kappa shape index (κ2) is 16.8. The van der Waals surface area contributed by atoms with Crippen LogP contribution in [-0.2, 0) is 4.79 Å².